The number of carbonyl (C=O) groups excluding carboxylic acids is 1. The lowest BCUT2D eigenvalue weighted by molar-refractivity contribution is -0.138. The Balaban J connectivity index is 2.70. The highest BCUT2D eigenvalue weighted by Crippen LogP contribution is 2.13. The number of aliphatic hydroxyl groups is 1. The van der Waals surface area contributed by atoms with Gasteiger partial charge in [0.25, 0.3) is 0 Å². The molecule has 5 nitrogen and oxygen atoms in total. The number of esters is 1. The maximum atomic E-state index is 11.3. The Hall–Kier alpha value is -2.35. The topological polar surface area (TPSA) is 74.7 Å². The minimum atomic E-state index is -0.828. The van der Waals surface area contributed by atoms with Crippen LogP contribution in [0.4, 0.5) is 0 Å². The summed E-state index contributed by atoms with van der Waals surface area (Å²) >= 11 is 0. The maximum absolute atomic E-state index is 11.3. The minimum Gasteiger partial charge on any atom is -0.505 e. The van der Waals surface area contributed by atoms with E-state index in [-0.39, 0.29) is 18.8 Å². The number of allylic oxidation sites excluding steroid dienone is 1. The minimum absolute atomic E-state index is 0.157. The van der Waals surface area contributed by atoms with Gasteiger partial charge in [-0.05, 0) is 18.9 Å². The first-order valence-electron chi connectivity index (χ1n) is 5.67. The fourth-order valence-corrected chi connectivity index (χ4v) is 1.44. The highest BCUT2D eigenvalue weighted by Gasteiger charge is 2.30. The van der Waals surface area contributed by atoms with Gasteiger partial charge in [-0.3, -0.25) is 0 Å². The zero-order valence-electron chi connectivity index (χ0n) is 10.2. The number of diazo groups is 1. The highest BCUT2D eigenvalue weighted by molar-refractivity contribution is 5.90. The monoisotopic (exact) mass is 247 g/mol. The van der Waals surface area contributed by atoms with Gasteiger partial charge in [0.1, 0.15) is 0 Å². The van der Waals surface area contributed by atoms with E-state index in [0.29, 0.717) is 6.42 Å². The number of aliphatic hydroxyl groups excluding tert-OH is 1. The molecule has 0 aliphatic carbocycles. The fourth-order valence-electron chi connectivity index (χ4n) is 1.44. The van der Waals surface area contributed by atoms with Crippen LogP contribution in [-0.2, 0) is 16.0 Å². The first-order chi connectivity index (χ1) is 8.69. The van der Waals surface area contributed by atoms with E-state index in [1.165, 1.54) is 0 Å². The first-order valence-corrected chi connectivity index (χ1v) is 5.67. The van der Waals surface area contributed by atoms with E-state index in [0.717, 1.165) is 5.56 Å². The first kappa shape index (κ1) is 13.7. The third kappa shape index (κ3) is 3.91. The van der Waals surface area contributed by atoms with E-state index >= 15 is 0 Å². The summed E-state index contributed by atoms with van der Waals surface area (Å²) in [4.78, 5) is 14.1. The molecule has 0 saturated heterocycles. The van der Waals surface area contributed by atoms with Gasteiger partial charge in [0.2, 0.25) is 5.39 Å². The van der Waals surface area contributed by atoms with Gasteiger partial charge in [0.15, 0.2) is 10.7 Å². The average Bonchev–Trinajstić information content (AvgIpc) is 2.39. The van der Waals surface area contributed by atoms with E-state index in [9.17, 15) is 9.90 Å². The Kier molecular flexibility index (Phi) is 5.39. The summed E-state index contributed by atoms with van der Waals surface area (Å²) in [7, 11) is 0. The summed E-state index contributed by atoms with van der Waals surface area (Å²) in [5.41, 5.74) is 0.581. The molecule has 0 bridgehead atoms. The normalized spacial score (nSPS) is 11.3. The van der Waals surface area contributed by atoms with Gasteiger partial charge in [0.05, 0.1) is 6.61 Å². The molecule has 1 N–H and O–H groups in total. The van der Waals surface area contributed by atoms with Gasteiger partial charge in [-0.25, -0.2) is 4.79 Å². The van der Waals surface area contributed by atoms with Crippen LogP contribution in [-0.4, -0.2) is 17.7 Å². The number of ether oxygens (including phenoxy) is 1. The third-order valence-corrected chi connectivity index (χ3v) is 2.34. The molecule has 0 spiro atoms. The molecule has 0 saturated carbocycles. The molecule has 1 aromatic rings. The Labute approximate surface area is 105 Å². The Morgan fingerprint density at radius 3 is 2.61 bits per heavy atom. The third-order valence-electron chi connectivity index (χ3n) is 2.34. The molecule has 0 aliphatic heterocycles. The maximum Gasteiger partial charge on any atom is 0.505 e. The van der Waals surface area contributed by atoms with Gasteiger partial charge in [-0.1, -0.05) is 30.3 Å². The van der Waals surface area contributed by atoms with Crippen molar-refractivity contribution in [1.82, 2.24) is 0 Å². The van der Waals surface area contributed by atoms with Crippen LogP contribution >= 0.6 is 0 Å². The number of aryl methyl sites for hydroxylation is 1. The van der Waals surface area contributed by atoms with E-state index in [4.69, 9.17) is 5.39 Å². The van der Waals surface area contributed by atoms with E-state index in [1.807, 2.05) is 30.3 Å². The van der Waals surface area contributed by atoms with Crippen LogP contribution in [0.25, 0.3) is 4.98 Å². The fraction of sp³-hybridized carbons (Fsp3) is 0.308. The molecule has 0 aliphatic rings. The zero-order chi connectivity index (χ0) is 13.4. The molecule has 0 fully saturated rings. The van der Waals surface area contributed by atoms with Crippen molar-refractivity contribution in [2.45, 2.75) is 19.8 Å². The predicted octanol–water partition coefficient (Wildman–Crippen LogP) is 2.80. The predicted molar refractivity (Wildman–Crippen MR) is 66.1 cm³/mol. The average molecular weight is 247 g/mol. The van der Waals surface area contributed by atoms with E-state index < -0.39 is 11.7 Å². The van der Waals surface area contributed by atoms with Gasteiger partial charge >= 0.3 is 11.7 Å². The van der Waals surface area contributed by atoms with Crippen LogP contribution in [0.1, 0.15) is 18.9 Å². The molecule has 0 amide bonds. The zero-order valence-corrected chi connectivity index (χ0v) is 10.2. The molecular formula is C13H15N2O3+. The molecule has 94 valence electrons. The Morgan fingerprint density at radius 1 is 1.39 bits per heavy atom. The summed E-state index contributed by atoms with van der Waals surface area (Å²) in [5.74, 6) is -1.11. The van der Waals surface area contributed by atoms with Crippen molar-refractivity contribution in [1.29, 1.82) is 5.39 Å². The van der Waals surface area contributed by atoms with Crippen LogP contribution in [0.5, 0.6) is 0 Å². The number of hydrogen-bond acceptors (Lipinski definition) is 4. The summed E-state index contributed by atoms with van der Waals surface area (Å²) in [6.45, 7) is 1.79. The smallest absolute Gasteiger partial charge is 0.505 e. The van der Waals surface area contributed by atoms with Crippen molar-refractivity contribution in [2.75, 3.05) is 6.61 Å². The van der Waals surface area contributed by atoms with Crippen LogP contribution in [0.3, 0.4) is 0 Å². The molecule has 0 atom stereocenters. The lowest BCUT2D eigenvalue weighted by atomic mass is 10.1. The largest absolute Gasteiger partial charge is 0.505 e. The lowest BCUT2D eigenvalue weighted by Crippen LogP contribution is -2.08. The van der Waals surface area contributed by atoms with Crippen molar-refractivity contribution < 1.29 is 14.6 Å². The van der Waals surface area contributed by atoms with Crippen molar-refractivity contribution in [3.05, 3.63) is 52.3 Å². The number of carbonyl (C=O) groups is 1. The number of benzene rings is 1. The van der Waals surface area contributed by atoms with Crippen molar-refractivity contribution in [3.63, 3.8) is 0 Å². The molecule has 0 radical (unpaired) electrons. The van der Waals surface area contributed by atoms with Crippen LogP contribution in [0.2, 0.25) is 0 Å². The van der Waals surface area contributed by atoms with Crippen LogP contribution < -0.4 is 0 Å². The van der Waals surface area contributed by atoms with Crippen molar-refractivity contribution >= 4 is 5.97 Å². The summed E-state index contributed by atoms with van der Waals surface area (Å²) in [6, 6.07) is 9.49. The summed E-state index contributed by atoms with van der Waals surface area (Å²) in [6.07, 6.45) is 0.757. The highest BCUT2D eigenvalue weighted by atomic mass is 16.5. The Morgan fingerprint density at radius 2 is 2.06 bits per heavy atom. The number of nitrogens with zero attached hydrogens (tertiary/aromatic N) is 2. The van der Waals surface area contributed by atoms with Crippen molar-refractivity contribution in [2.24, 2.45) is 0 Å². The van der Waals surface area contributed by atoms with Gasteiger partial charge in [-0.15, -0.1) is 0 Å². The Bertz CT molecular complexity index is 475. The summed E-state index contributed by atoms with van der Waals surface area (Å²) < 4.78 is 4.66. The molecule has 1 aromatic carbocycles. The number of hydrogen-bond donors (Lipinski definition) is 1. The van der Waals surface area contributed by atoms with Crippen molar-refractivity contribution in [3.8, 4) is 0 Å². The second kappa shape index (κ2) is 7.07. The van der Waals surface area contributed by atoms with E-state index in [1.54, 1.807) is 6.92 Å². The standard InChI is InChI=1S/C13H14N2O3/c1-2-18-13(17)12(15-14)11(16)9-8-10-6-4-3-5-7-10/h3-7H,2,8-9H2,1H3/p+1. The number of rotatable bonds is 5. The van der Waals surface area contributed by atoms with Gasteiger partial charge in [-0.2, -0.15) is 0 Å². The van der Waals surface area contributed by atoms with Crippen LogP contribution in [0, 0.1) is 5.39 Å². The molecule has 0 aromatic heterocycles. The quantitative estimate of drug-likeness (QED) is 0.376. The molecule has 5 heteroatoms. The summed E-state index contributed by atoms with van der Waals surface area (Å²) in [5, 5.41) is 18.4. The SMILES string of the molecule is CCOC(=O)/C([N+]#N)=C(\O)CCc1ccccc1. The van der Waals surface area contributed by atoms with E-state index in [2.05, 4.69) is 9.71 Å². The molecule has 0 heterocycles. The molecule has 0 unspecified atom stereocenters. The molecule has 1 rings (SSSR count). The van der Waals surface area contributed by atoms with Gasteiger partial charge in [0, 0.05) is 6.42 Å². The van der Waals surface area contributed by atoms with Crippen LogP contribution in [0.15, 0.2) is 41.8 Å². The molecule has 18 heavy (non-hydrogen) atoms. The molecular weight excluding hydrogens is 232 g/mol. The lowest BCUT2D eigenvalue weighted by Gasteiger charge is -1.99. The second-order valence-electron chi connectivity index (χ2n) is 3.60. The second-order valence-corrected chi connectivity index (χ2v) is 3.60. The van der Waals surface area contributed by atoms with Gasteiger partial charge < -0.3 is 9.84 Å².